The third kappa shape index (κ3) is 3.21. The second-order valence-electron chi connectivity index (χ2n) is 6.23. The van der Waals surface area contributed by atoms with Gasteiger partial charge in [-0.2, -0.15) is 5.10 Å². The maximum Gasteiger partial charge on any atom is 0.172 e. The van der Waals surface area contributed by atoms with Crippen LogP contribution in [0, 0.1) is 0 Å². The fraction of sp³-hybridized carbons (Fsp3) is 0.316. The van der Waals surface area contributed by atoms with Crippen LogP contribution in [-0.4, -0.2) is 38.2 Å². The molecule has 3 heterocycles. The minimum atomic E-state index is 0.0852. The molecule has 0 saturated carbocycles. The molecule has 1 atom stereocenters. The van der Waals surface area contributed by atoms with Crippen LogP contribution in [0.1, 0.15) is 41.7 Å². The topological polar surface area (TPSA) is 57.7 Å². The van der Waals surface area contributed by atoms with Gasteiger partial charge in [0, 0.05) is 18.8 Å². The summed E-state index contributed by atoms with van der Waals surface area (Å²) in [6.45, 7) is 2.17. The summed E-state index contributed by atoms with van der Waals surface area (Å²) >= 11 is 0. The summed E-state index contributed by atoms with van der Waals surface area (Å²) in [5.74, 6) is 1.75. The molecule has 4 rings (SSSR count). The van der Waals surface area contributed by atoms with Crippen LogP contribution >= 0.6 is 0 Å². The number of rotatable bonds is 5. The summed E-state index contributed by atoms with van der Waals surface area (Å²) in [5, 5.41) is 7.65. The van der Waals surface area contributed by atoms with E-state index in [0.717, 1.165) is 36.7 Å². The van der Waals surface area contributed by atoms with E-state index in [4.69, 9.17) is 4.98 Å². The van der Waals surface area contributed by atoms with Gasteiger partial charge in [-0.3, -0.25) is 15.0 Å². The van der Waals surface area contributed by atoms with Crippen molar-refractivity contribution < 1.29 is 0 Å². The lowest BCUT2D eigenvalue weighted by Crippen LogP contribution is -2.27. The summed E-state index contributed by atoms with van der Waals surface area (Å²) in [6.07, 6.45) is 6.98. The predicted molar refractivity (Wildman–Crippen MR) is 92.5 cm³/mol. The molecule has 0 spiro atoms. The van der Waals surface area contributed by atoms with Gasteiger partial charge in [-0.05, 0) is 43.1 Å². The summed E-state index contributed by atoms with van der Waals surface area (Å²) < 4.78 is 0. The van der Waals surface area contributed by atoms with Crippen molar-refractivity contribution in [1.29, 1.82) is 0 Å². The summed E-state index contributed by atoms with van der Waals surface area (Å²) in [4.78, 5) is 11.5. The van der Waals surface area contributed by atoms with Crippen LogP contribution in [0.15, 0.2) is 54.9 Å². The molecule has 2 aromatic heterocycles. The van der Waals surface area contributed by atoms with Crippen molar-refractivity contribution in [3.63, 3.8) is 0 Å². The largest absolute Gasteiger partial charge is 0.290 e. The Hall–Kier alpha value is -2.53. The van der Waals surface area contributed by atoms with Crippen molar-refractivity contribution in [1.82, 2.24) is 25.1 Å². The molecule has 1 aliphatic rings. The fourth-order valence-electron chi connectivity index (χ4n) is 3.36. The maximum absolute atomic E-state index is 4.79. The molecule has 0 bridgehead atoms. The lowest BCUT2D eigenvalue weighted by molar-refractivity contribution is 0.271. The summed E-state index contributed by atoms with van der Waals surface area (Å²) in [6, 6.07) is 14.5. The Kier molecular flexibility index (Phi) is 4.34. The molecule has 122 valence electrons. The summed E-state index contributed by atoms with van der Waals surface area (Å²) in [5.41, 5.74) is 2.39. The number of benzene rings is 1. The molecule has 1 unspecified atom stereocenters. The van der Waals surface area contributed by atoms with Crippen LogP contribution in [0.25, 0.3) is 0 Å². The number of aromatic amines is 1. The first-order valence-electron chi connectivity index (χ1n) is 8.49. The van der Waals surface area contributed by atoms with Crippen LogP contribution in [0.4, 0.5) is 0 Å². The van der Waals surface area contributed by atoms with E-state index in [0.29, 0.717) is 0 Å². The van der Waals surface area contributed by atoms with Crippen molar-refractivity contribution >= 4 is 0 Å². The third-order valence-electron chi connectivity index (χ3n) is 4.51. The van der Waals surface area contributed by atoms with E-state index in [1.165, 1.54) is 18.4 Å². The van der Waals surface area contributed by atoms with E-state index in [1.54, 1.807) is 0 Å². The van der Waals surface area contributed by atoms with Crippen LogP contribution in [-0.2, 0) is 6.42 Å². The average Bonchev–Trinajstić information content (AvgIpc) is 3.30. The van der Waals surface area contributed by atoms with E-state index >= 15 is 0 Å². The van der Waals surface area contributed by atoms with Crippen molar-refractivity contribution in [2.24, 2.45) is 0 Å². The number of likely N-dealkylation sites (tertiary alicyclic amines) is 1. The third-order valence-corrected chi connectivity index (χ3v) is 4.51. The summed E-state index contributed by atoms with van der Waals surface area (Å²) in [7, 11) is 0. The first-order valence-corrected chi connectivity index (χ1v) is 8.49. The minimum absolute atomic E-state index is 0.0852. The van der Waals surface area contributed by atoms with Crippen LogP contribution < -0.4 is 0 Å². The Morgan fingerprint density at radius 2 is 1.88 bits per heavy atom. The Bertz CT molecular complexity index is 763. The molecule has 0 radical (unpaired) electrons. The molecule has 1 aromatic carbocycles. The molecule has 5 nitrogen and oxygen atoms in total. The van der Waals surface area contributed by atoms with E-state index in [9.17, 15) is 0 Å². The standard InChI is InChI=1S/C19H21N5/c1-2-7-15(8-3-1)13-17-21-19(23-22-17)18(24-11-4-5-12-24)16-9-6-10-20-14-16/h1-3,6-10,14,18H,4-5,11-13H2,(H,21,22,23). The molecule has 24 heavy (non-hydrogen) atoms. The highest BCUT2D eigenvalue weighted by Crippen LogP contribution is 2.29. The molecule has 3 aromatic rings. The highest BCUT2D eigenvalue weighted by atomic mass is 15.3. The van der Waals surface area contributed by atoms with Gasteiger partial charge in [-0.1, -0.05) is 36.4 Å². The number of hydrogen-bond acceptors (Lipinski definition) is 4. The van der Waals surface area contributed by atoms with Gasteiger partial charge in [0.15, 0.2) is 5.82 Å². The highest BCUT2D eigenvalue weighted by Gasteiger charge is 2.28. The Morgan fingerprint density at radius 3 is 2.62 bits per heavy atom. The van der Waals surface area contributed by atoms with Crippen LogP contribution in [0.3, 0.4) is 0 Å². The van der Waals surface area contributed by atoms with E-state index in [1.807, 2.05) is 24.5 Å². The first kappa shape index (κ1) is 15.0. The minimum Gasteiger partial charge on any atom is -0.290 e. The van der Waals surface area contributed by atoms with Crippen molar-refractivity contribution in [3.8, 4) is 0 Å². The van der Waals surface area contributed by atoms with E-state index in [2.05, 4.69) is 50.4 Å². The maximum atomic E-state index is 4.79. The van der Waals surface area contributed by atoms with Gasteiger partial charge in [-0.15, -0.1) is 0 Å². The molecule has 1 aliphatic heterocycles. The van der Waals surface area contributed by atoms with Gasteiger partial charge in [-0.25, -0.2) is 4.98 Å². The second kappa shape index (κ2) is 6.93. The molecular weight excluding hydrogens is 298 g/mol. The SMILES string of the molecule is c1ccc(Cc2nc(C(c3cccnc3)N3CCCC3)n[nH]2)cc1. The molecule has 0 aliphatic carbocycles. The van der Waals surface area contributed by atoms with Gasteiger partial charge < -0.3 is 0 Å². The predicted octanol–water partition coefficient (Wildman–Crippen LogP) is 2.98. The van der Waals surface area contributed by atoms with Crippen LogP contribution in [0.2, 0.25) is 0 Å². The zero-order valence-electron chi connectivity index (χ0n) is 13.6. The molecule has 0 amide bonds. The van der Waals surface area contributed by atoms with Gasteiger partial charge in [0.05, 0.1) is 6.04 Å². The molecular formula is C19H21N5. The fourth-order valence-corrected chi connectivity index (χ4v) is 3.36. The van der Waals surface area contributed by atoms with Crippen molar-refractivity contribution in [2.45, 2.75) is 25.3 Å². The van der Waals surface area contributed by atoms with E-state index < -0.39 is 0 Å². The number of H-pyrrole nitrogens is 1. The number of nitrogens with zero attached hydrogens (tertiary/aromatic N) is 4. The van der Waals surface area contributed by atoms with Crippen molar-refractivity contribution in [2.75, 3.05) is 13.1 Å². The monoisotopic (exact) mass is 319 g/mol. The highest BCUT2D eigenvalue weighted by molar-refractivity contribution is 5.23. The van der Waals surface area contributed by atoms with Gasteiger partial charge in [0.25, 0.3) is 0 Å². The normalized spacial score (nSPS) is 16.3. The molecule has 5 heteroatoms. The van der Waals surface area contributed by atoms with Gasteiger partial charge >= 0.3 is 0 Å². The molecule has 1 fully saturated rings. The first-order chi connectivity index (χ1) is 11.9. The van der Waals surface area contributed by atoms with E-state index in [-0.39, 0.29) is 6.04 Å². The number of hydrogen-bond donors (Lipinski definition) is 1. The number of aromatic nitrogens is 4. The van der Waals surface area contributed by atoms with Crippen molar-refractivity contribution in [3.05, 3.63) is 77.6 Å². The Labute approximate surface area is 141 Å². The van der Waals surface area contributed by atoms with Gasteiger partial charge in [0.2, 0.25) is 0 Å². The number of nitrogens with one attached hydrogen (secondary N) is 1. The lowest BCUT2D eigenvalue weighted by Gasteiger charge is -2.25. The quantitative estimate of drug-likeness (QED) is 0.785. The Balaban J connectivity index is 1.61. The molecule has 1 N–H and O–H groups in total. The smallest absolute Gasteiger partial charge is 0.172 e. The zero-order valence-corrected chi connectivity index (χ0v) is 13.6. The zero-order chi connectivity index (χ0) is 16.2. The second-order valence-corrected chi connectivity index (χ2v) is 6.23. The number of pyridine rings is 1. The average molecular weight is 319 g/mol. The van der Waals surface area contributed by atoms with Gasteiger partial charge in [0.1, 0.15) is 5.82 Å². The molecule has 1 saturated heterocycles. The lowest BCUT2D eigenvalue weighted by atomic mass is 10.1. The Morgan fingerprint density at radius 1 is 1.04 bits per heavy atom. The van der Waals surface area contributed by atoms with Crippen LogP contribution in [0.5, 0.6) is 0 Å².